The van der Waals surface area contributed by atoms with Crippen LogP contribution in [0.15, 0.2) is 12.1 Å². The zero-order valence-electron chi connectivity index (χ0n) is 11.8. The molecule has 0 radical (unpaired) electrons. The van der Waals surface area contributed by atoms with E-state index in [1.54, 1.807) is 0 Å². The van der Waals surface area contributed by atoms with E-state index in [-0.39, 0.29) is 16.8 Å². The van der Waals surface area contributed by atoms with E-state index in [2.05, 4.69) is 0 Å². The number of nitrogen functional groups attached to an aromatic ring is 1. The predicted octanol–water partition coefficient (Wildman–Crippen LogP) is 1.62. The van der Waals surface area contributed by atoms with Gasteiger partial charge < -0.3 is 15.0 Å². The SMILES string of the molecule is CC1(C)OB(c2cc(F)c(N)cc2[N+](=O)[O-])OC1(C)C. The van der Waals surface area contributed by atoms with Crippen LogP contribution in [-0.2, 0) is 9.31 Å². The number of nitro groups is 1. The number of nitro benzene ring substituents is 1. The Kier molecular flexibility index (Phi) is 3.26. The highest BCUT2D eigenvalue weighted by Crippen LogP contribution is 2.37. The predicted molar refractivity (Wildman–Crippen MR) is 73.2 cm³/mol. The first-order chi connectivity index (χ1) is 9.05. The molecule has 8 heteroatoms. The minimum atomic E-state index is -1.00. The van der Waals surface area contributed by atoms with Gasteiger partial charge in [-0.1, -0.05) is 0 Å². The first-order valence-electron chi connectivity index (χ1n) is 6.14. The quantitative estimate of drug-likeness (QED) is 0.385. The van der Waals surface area contributed by atoms with E-state index < -0.39 is 29.1 Å². The normalized spacial score (nSPS) is 20.1. The zero-order chi connectivity index (χ0) is 15.3. The number of benzene rings is 1. The molecule has 6 nitrogen and oxygen atoms in total. The molecule has 0 unspecified atom stereocenters. The summed E-state index contributed by atoms with van der Waals surface area (Å²) in [6.45, 7) is 7.25. The van der Waals surface area contributed by atoms with Crippen molar-refractivity contribution < 1.29 is 18.6 Å². The van der Waals surface area contributed by atoms with Crippen LogP contribution in [0.25, 0.3) is 0 Å². The lowest BCUT2D eigenvalue weighted by Crippen LogP contribution is -2.41. The van der Waals surface area contributed by atoms with E-state index >= 15 is 0 Å². The van der Waals surface area contributed by atoms with Gasteiger partial charge in [0.2, 0.25) is 0 Å². The Morgan fingerprint density at radius 1 is 1.25 bits per heavy atom. The summed E-state index contributed by atoms with van der Waals surface area (Å²) in [6, 6.07) is 1.98. The molecule has 2 N–H and O–H groups in total. The number of nitrogens with zero attached hydrogens (tertiary/aromatic N) is 1. The van der Waals surface area contributed by atoms with Gasteiger partial charge in [-0.15, -0.1) is 0 Å². The second-order valence-corrected chi connectivity index (χ2v) is 5.78. The van der Waals surface area contributed by atoms with Crippen molar-refractivity contribution in [2.24, 2.45) is 0 Å². The van der Waals surface area contributed by atoms with E-state index in [9.17, 15) is 14.5 Å². The van der Waals surface area contributed by atoms with Crippen LogP contribution < -0.4 is 11.2 Å². The highest BCUT2D eigenvalue weighted by molar-refractivity contribution is 6.63. The molecular formula is C12H16BFN2O4. The molecule has 1 aliphatic heterocycles. The van der Waals surface area contributed by atoms with Gasteiger partial charge in [-0.3, -0.25) is 10.1 Å². The van der Waals surface area contributed by atoms with Crippen LogP contribution in [0, 0.1) is 15.9 Å². The molecular weight excluding hydrogens is 266 g/mol. The van der Waals surface area contributed by atoms with Gasteiger partial charge in [0.05, 0.1) is 27.3 Å². The maximum absolute atomic E-state index is 13.6. The van der Waals surface area contributed by atoms with Gasteiger partial charge in [0.1, 0.15) is 5.82 Å². The molecule has 0 spiro atoms. The number of nitrogens with two attached hydrogens (primary N) is 1. The van der Waals surface area contributed by atoms with Crippen LogP contribution in [-0.4, -0.2) is 23.2 Å². The monoisotopic (exact) mass is 282 g/mol. The van der Waals surface area contributed by atoms with E-state index in [4.69, 9.17) is 15.0 Å². The average molecular weight is 282 g/mol. The summed E-state index contributed by atoms with van der Waals surface area (Å²) in [5.41, 5.74) is 3.48. The maximum atomic E-state index is 13.6. The van der Waals surface area contributed by atoms with Gasteiger partial charge in [0, 0.05) is 6.07 Å². The lowest BCUT2D eigenvalue weighted by molar-refractivity contribution is -0.383. The minimum Gasteiger partial charge on any atom is -0.399 e. The van der Waals surface area contributed by atoms with Crippen molar-refractivity contribution in [1.29, 1.82) is 0 Å². The molecule has 1 aromatic carbocycles. The Hall–Kier alpha value is -1.67. The van der Waals surface area contributed by atoms with E-state index in [1.807, 2.05) is 27.7 Å². The lowest BCUT2D eigenvalue weighted by atomic mass is 9.77. The van der Waals surface area contributed by atoms with E-state index in [0.29, 0.717) is 0 Å². The molecule has 2 rings (SSSR count). The Morgan fingerprint density at radius 3 is 2.20 bits per heavy atom. The highest BCUT2D eigenvalue weighted by Gasteiger charge is 2.53. The van der Waals surface area contributed by atoms with Crippen LogP contribution in [0.4, 0.5) is 15.8 Å². The zero-order valence-corrected chi connectivity index (χ0v) is 11.8. The van der Waals surface area contributed by atoms with Crippen molar-refractivity contribution in [1.82, 2.24) is 0 Å². The number of hydrogen-bond acceptors (Lipinski definition) is 5. The van der Waals surface area contributed by atoms with Crippen molar-refractivity contribution >= 4 is 24.0 Å². The molecule has 0 aromatic heterocycles. The Morgan fingerprint density at radius 2 is 1.75 bits per heavy atom. The molecule has 108 valence electrons. The summed E-state index contributed by atoms with van der Waals surface area (Å²) in [4.78, 5) is 10.5. The smallest absolute Gasteiger partial charge is 0.399 e. The first-order valence-corrected chi connectivity index (χ1v) is 6.14. The van der Waals surface area contributed by atoms with Gasteiger partial charge in [-0.05, 0) is 33.8 Å². The first kappa shape index (κ1) is 14.7. The van der Waals surface area contributed by atoms with Crippen molar-refractivity contribution in [2.45, 2.75) is 38.9 Å². The van der Waals surface area contributed by atoms with Gasteiger partial charge in [-0.25, -0.2) is 4.39 Å². The third kappa shape index (κ3) is 2.25. The van der Waals surface area contributed by atoms with Crippen molar-refractivity contribution in [2.75, 3.05) is 5.73 Å². The topological polar surface area (TPSA) is 87.6 Å². The molecule has 0 bridgehead atoms. The largest absolute Gasteiger partial charge is 0.502 e. The van der Waals surface area contributed by atoms with Crippen molar-refractivity contribution in [3.05, 3.63) is 28.1 Å². The average Bonchev–Trinajstić information content (AvgIpc) is 2.51. The second-order valence-electron chi connectivity index (χ2n) is 5.78. The summed E-state index contributed by atoms with van der Waals surface area (Å²) in [6.07, 6.45) is 0. The summed E-state index contributed by atoms with van der Waals surface area (Å²) < 4.78 is 25.0. The number of anilines is 1. The van der Waals surface area contributed by atoms with E-state index in [1.165, 1.54) is 0 Å². The molecule has 0 aliphatic carbocycles. The van der Waals surface area contributed by atoms with Crippen molar-refractivity contribution in [3.63, 3.8) is 0 Å². The van der Waals surface area contributed by atoms with E-state index in [0.717, 1.165) is 12.1 Å². The number of hydrogen-bond donors (Lipinski definition) is 1. The summed E-state index contributed by atoms with van der Waals surface area (Å²) in [7, 11) is -1.00. The van der Waals surface area contributed by atoms with Crippen LogP contribution in [0.5, 0.6) is 0 Å². The van der Waals surface area contributed by atoms with Crippen LogP contribution in [0.3, 0.4) is 0 Å². The van der Waals surface area contributed by atoms with Crippen LogP contribution in [0.2, 0.25) is 0 Å². The highest BCUT2D eigenvalue weighted by atomic mass is 19.1. The molecule has 20 heavy (non-hydrogen) atoms. The minimum absolute atomic E-state index is 0.0281. The molecule has 0 atom stereocenters. The Balaban J connectivity index is 2.49. The molecule has 0 amide bonds. The molecule has 0 saturated carbocycles. The van der Waals surface area contributed by atoms with Crippen LogP contribution >= 0.6 is 0 Å². The molecule has 1 saturated heterocycles. The van der Waals surface area contributed by atoms with Crippen LogP contribution in [0.1, 0.15) is 27.7 Å². The lowest BCUT2D eigenvalue weighted by Gasteiger charge is -2.32. The fraction of sp³-hybridized carbons (Fsp3) is 0.500. The molecule has 1 aromatic rings. The van der Waals surface area contributed by atoms with Gasteiger partial charge in [-0.2, -0.15) is 0 Å². The number of halogens is 1. The fourth-order valence-corrected chi connectivity index (χ4v) is 1.91. The maximum Gasteiger partial charge on any atom is 0.502 e. The molecule has 1 heterocycles. The number of rotatable bonds is 2. The van der Waals surface area contributed by atoms with Gasteiger partial charge in [0.25, 0.3) is 5.69 Å². The second kappa shape index (κ2) is 4.42. The summed E-state index contributed by atoms with van der Waals surface area (Å²) in [5, 5.41) is 11.1. The standard InChI is InChI=1S/C12H16BFN2O4/c1-11(2)12(3,4)20-13(19-11)7-5-8(14)9(15)6-10(7)16(17)18/h5-6H,15H2,1-4H3. The van der Waals surface area contributed by atoms with Gasteiger partial charge in [0.15, 0.2) is 0 Å². The summed E-state index contributed by atoms with van der Waals surface area (Å²) >= 11 is 0. The third-order valence-electron chi connectivity index (χ3n) is 3.85. The third-order valence-corrected chi connectivity index (χ3v) is 3.85. The molecule has 1 aliphatic rings. The molecule has 1 fully saturated rings. The Bertz CT molecular complexity index is 561. The van der Waals surface area contributed by atoms with Gasteiger partial charge >= 0.3 is 7.12 Å². The fourth-order valence-electron chi connectivity index (χ4n) is 1.91. The van der Waals surface area contributed by atoms with Crippen molar-refractivity contribution in [3.8, 4) is 0 Å². The summed E-state index contributed by atoms with van der Waals surface area (Å²) in [5.74, 6) is -0.736. The Labute approximate surface area is 116 Å².